The maximum atomic E-state index is 5.05. The Kier molecular flexibility index (Phi) is 17.6. The monoisotopic (exact) mass is 507 g/mol. The van der Waals surface area contributed by atoms with Gasteiger partial charge in [0.15, 0.2) is 0 Å². The maximum absolute atomic E-state index is 5.05. The minimum absolute atomic E-state index is 0.935. The summed E-state index contributed by atoms with van der Waals surface area (Å²) in [5.41, 5.74) is 5.45. The maximum Gasteiger partial charge on any atom is 0.118 e. The fraction of sp³-hybridized carbons (Fsp3) is 0.455. The number of likely N-dealkylation sites (tertiary alicyclic amines) is 1. The first-order valence-electron chi connectivity index (χ1n) is 13.8. The molecule has 3 aromatic rings. The summed E-state index contributed by atoms with van der Waals surface area (Å²) in [6, 6.07) is 26.1. The molecule has 198 valence electrons. The van der Waals surface area contributed by atoms with Gasteiger partial charge in [-0.2, -0.15) is 0 Å². The predicted octanol–water partition coefficient (Wildman–Crippen LogP) is 9.41. The number of rotatable bonds is 8. The second-order valence-corrected chi connectivity index (χ2v) is 9.20. The lowest BCUT2D eigenvalue weighted by Crippen LogP contribution is -2.21. The molecule has 0 saturated carbocycles. The summed E-state index contributed by atoms with van der Waals surface area (Å²) in [5.74, 6) is 0.935. The van der Waals surface area contributed by atoms with Gasteiger partial charge >= 0.3 is 0 Å². The van der Waals surface area contributed by atoms with Crippen LogP contribution in [0.4, 0.5) is 0 Å². The molecule has 0 spiro atoms. The molecular formula is C33H49NOS. The molecule has 4 rings (SSSR count). The molecule has 3 aromatic carbocycles. The van der Waals surface area contributed by atoms with Crippen LogP contribution in [0.25, 0.3) is 11.1 Å². The number of hydrogen-bond acceptors (Lipinski definition) is 3. The Morgan fingerprint density at radius 1 is 0.694 bits per heavy atom. The highest BCUT2D eigenvalue weighted by Gasteiger charge is 2.10. The standard InChI is InChI=1S/C19H23NS.C10H14O.2C2H6/c1-21-19-10-8-18(9-11-19)17-6-4-16(5-7-17)12-15-20-13-2-3-14-20;1-3-4-9-5-7-10(11-2)8-6-9;2*1-2/h4-11H,2-3,12-15H2,1H3;5-8H,3-4H2,1-2H3;2*1-2H3. The fourth-order valence-corrected chi connectivity index (χ4v) is 4.43. The van der Waals surface area contributed by atoms with Gasteiger partial charge in [-0.05, 0) is 91.5 Å². The van der Waals surface area contributed by atoms with Crippen molar-refractivity contribution in [3.05, 3.63) is 83.9 Å². The van der Waals surface area contributed by atoms with Crippen molar-refractivity contribution in [2.45, 2.75) is 71.6 Å². The third-order valence-corrected chi connectivity index (χ3v) is 6.73. The van der Waals surface area contributed by atoms with Gasteiger partial charge < -0.3 is 9.64 Å². The molecule has 36 heavy (non-hydrogen) atoms. The van der Waals surface area contributed by atoms with Crippen molar-refractivity contribution < 1.29 is 4.74 Å². The fourth-order valence-electron chi connectivity index (χ4n) is 4.02. The van der Waals surface area contributed by atoms with Gasteiger partial charge in [0.1, 0.15) is 5.75 Å². The summed E-state index contributed by atoms with van der Waals surface area (Å²) >= 11 is 1.79. The van der Waals surface area contributed by atoms with Crippen molar-refractivity contribution in [1.82, 2.24) is 4.90 Å². The Balaban J connectivity index is 0.000000366. The van der Waals surface area contributed by atoms with Gasteiger partial charge in [0.05, 0.1) is 7.11 Å². The highest BCUT2D eigenvalue weighted by Crippen LogP contribution is 2.23. The quantitative estimate of drug-likeness (QED) is 0.282. The number of nitrogens with zero attached hydrogens (tertiary/aromatic N) is 1. The first kappa shape index (κ1) is 31.8. The topological polar surface area (TPSA) is 12.5 Å². The van der Waals surface area contributed by atoms with Gasteiger partial charge in [0.2, 0.25) is 0 Å². The van der Waals surface area contributed by atoms with Crippen LogP contribution in [0, 0.1) is 0 Å². The first-order chi connectivity index (χ1) is 17.7. The van der Waals surface area contributed by atoms with E-state index in [9.17, 15) is 0 Å². The minimum Gasteiger partial charge on any atom is -0.497 e. The number of methoxy groups -OCH3 is 1. The Hall–Kier alpha value is -2.23. The van der Waals surface area contributed by atoms with E-state index in [1.807, 2.05) is 39.8 Å². The summed E-state index contributed by atoms with van der Waals surface area (Å²) in [6.45, 7) is 14.0. The Labute approximate surface area is 226 Å². The van der Waals surface area contributed by atoms with Crippen LogP contribution in [0.3, 0.4) is 0 Å². The molecule has 1 saturated heterocycles. The van der Waals surface area contributed by atoms with Crippen LogP contribution in [-0.2, 0) is 12.8 Å². The van der Waals surface area contributed by atoms with Crippen LogP contribution in [-0.4, -0.2) is 37.9 Å². The minimum atomic E-state index is 0.935. The van der Waals surface area contributed by atoms with Crippen molar-refractivity contribution in [3.63, 3.8) is 0 Å². The zero-order chi connectivity index (χ0) is 26.6. The summed E-state index contributed by atoms with van der Waals surface area (Å²) < 4.78 is 5.05. The second-order valence-electron chi connectivity index (χ2n) is 8.32. The molecule has 0 amide bonds. The lowest BCUT2D eigenvalue weighted by molar-refractivity contribution is 0.343. The highest BCUT2D eigenvalue weighted by molar-refractivity contribution is 7.98. The largest absolute Gasteiger partial charge is 0.497 e. The van der Waals surface area contributed by atoms with E-state index in [0.29, 0.717) is 0 Å². The number of ether oxygens (including phenoxy) is 1. The molecule has 0 radical (unpaired) electrons. The molecule has 1 aliphatic heterocycles. The van der Waals surface area contributed by atoms with Crippen LogP contribution in [0.15, 0.2) is 77.7 Å². The average molecular weight is 508 g/mol. The van der Waals surface area contributed by atoms with Crippen LogP contribution >= 0.6 is 11.8 Å². The Morgan fingerprint density at radius 2 is 1.17 bits per heavy atom. The van der Waals surface area contributed by atoms with E-state index in [4.69, 9.17) is 4.74 Å². The van der Waals surface area contributed by atoms with E-state index in [-0.39, 0.29) is 0 Å². The lowest BCUT2D eigenvalue weighted by atomic mass is 10.0. The summed E-state index contributed by atoms with van der Waals surface area (Å²) in [7, 11) is 1.69. The molecule has 1 heterocycles. The van der Waals surface area contributed by atoms with Crippen molar-refractivity contribution in [2.24, 2.45) is 0 Å². The molecule has 3 heteroatoms. The first-order valence-corrected chi connectivity index (χ1v) is 15.0. The molecule has 0 aromatic heterocycles. The number of benzene rings is 3. The third-order valence-electron chi connectivity index (χ3n) is 5.99. The van der Waals surface area contributed by atoms with E-state index in [0.717, 1.165) is 12.2 Å². The number of aryl methyl sites for hydroxylation is 1. The van der Waals surface area contributed by atoms with Crippen molar-refractivity contribution in [3.8, 4) is 16.9 Å². The predicted molar refractivity (Wildman–Crippen MR) is 163 cm³/mol. The van der Waals surface area contributed by atoms with E-state index in [2.05, 4.69) is 78.7 Å². The van der Waals surface area contributed by atoms with Gasteiger partial charge in [0, 0.05) is 11.4 Å². The van der Waals surface area contributed by atoms with Gasteiger partial charge in [-0.3, -0.25) is 0 Å². The molecule has 0 unspecified atom stereocenters. The number of hydrogen-bond donors (Lipinski definition) is 0. The molecule has 2 nitrogen and oxygen atoms in total. The summed E-state index contributed by atoms with van der Waals surface area (Å²) in [5, 5.41) is 0. The van der Waals surface area contributed by atoms with Crippen LogP contribution < -0.4 is 4.74 Å². The Bertz CT molecular complexity index is 898. The van der Waals surface area contributed by atoms with Crippen molar-refractivity contribution in [1.29, 1.82) is 0 Å². The Morgan fingerprint density at radius 3 is 1.64 bits per heavy atom. The molecule has 0 atom stereocenters. The van der Waals surface area contributed by atoms with E-state index < -0.39 is 0 Å². The van der Waals surface area contributed by atoms with Gasteiger partial charge in [-0.25, -0.2) is 0 Å². The molecule has 0 aliphatic carbocycles. The average Bonchev–Trinajstić information content (AvgIpc) is 3.49. The smallest absolute Gasteiger partial charge is 0.118 e. The molecule has 0 bridgehead atoms. The molecular weight excluding hydrogens is 458 g/mol. The van der Waals surface area contributed by atoms with Crippen molar-refractivity contribution in [2.75, 3.05) is 33.0 Å². The van der Waals surface area contributed by atoms with Gasteiger partial charge in [0.25, 0.3) is 0 Å². The van der Waals surface area contributed by atoms with Crippen molar-refractivity contribution >= 4 is 11.8 Å². The van der Waals surface area contributed by atoms with E-state index >= 15 is 0 Å². The SMILES string of the molecule is CC.CC.CCCc1ccc(OC)cc1.CSc1ccc(-c2ccc(CCN3CCCC3)cc2)cc1. The van der Waals surface area contributed by atoms with Crippen LogP contribution in [0.1, 0.15) is 65.0 Å². The van der Waals surface area contributed by atoms with Gasteiger partial charge in [-0.15, -0.1) is 11.8 Å². The van der Waals surface area contributed by atoms with Gasteiger partial charge in [-0.1, -0.05) is 89.6 Å². The highest BCUT2D eigenvalue weighted by atomic mass is 32.2. The molecule has 1 aliphatic rings. The normalized spacial score (nSPS) is 12.3. The zero-order valence-corrected chi connectivity index (χ0v) is 24.7. The van der Waals surface area contributed by atoms with E-state index in [1.54, 1.807) is 18.9 Å². The molecule has 1 fully saturated rings. The lowest BCUT2D eigenvalue weighted by Gasteiger charge is -2.14. The zero-order valence-electron chi connectivity index (χ0n) is 23.8. The molecule has 0 N–H and O–H groups in total. The van der Waals surface area contributed by atoms with Crippen LogP contribution in [0.5, 0.6) is 5.75 Å². The second kappa shape index (κ2) is 19.9. The van der Waals surface area contributed by atoms with E-state index in [1.165, 1.54) is 72.5 Å². The summed E-state index contributed by atoms with van der Waals surface area (Å²) in [6.07, 6.45) is 8.40. The van der Waals surface area contributed by atoms with Crippen LogP contribution in [0.2, 0.25) is 0 Å². The third kappa shape index (κ3) is 11.7. The number of thioether (sulfide) groups is 1. The summed E-state index contributed by atoms with van der Waals surface area (Å²) in [4.78, 5) is 3.90.